The average Bonchev–Trinajstić information content (AvgIpc) is 2.28. The molecule has 0 aliphatic carbocycles. The van der Waals surface area contributed by atoms with E-state index in [1.54, 1.807) is 0 Å². The zero-order valence-electron chi connectivity index (χ0n) is 12.2. The Bertz CT molecular complexity index is 316. The summed E-state index contributed by atoms with van der Waals surface area (Å²) in [7, 11) is 2.19. The molecule has 3 nitrogen and oxygen atoms in total. The third kappa shape index (κ3) is 7.41. The van der Waals surface area contributed by atoms with Gasteiger partial charge in [0.1, 0.15) is 0 Å². The number of nitrogens with one attached hydrogen (secondary N) is 1. The number of nitrogens with zero attached hydrogens (tertiary/aromatic N) is 2. The van der Waals surface area contributed by atoms with E-state index in [2.05, 4.69) is 55.2 Å². The van der Waals surface area contributed by atoms with E-state index >= 15 is 0 Å². The monoisotopic (exact) mass is 249 g/mol. The van der Waals surface area contributed by atoms with Gasteiger partial charge in [0.15, 0.2) is 0 Å². The van der Waals surface area contributed by atoms with Crippen LogP contribution in [0.2, 0.25) is 0 Å². The molecule has 102 valence electrons. The lowest BCUT2D eigenvalue weighted by molar-refractivity contribution is 0.306. The van der Waals surface area contributed by atoms with Gasteiger partial charge in [-0.2, -0.15) is 0 Å². The molecule has 1 aromatic heterocycles. The Morgan fingerprint density at radius 3 is 2.44 bits per heavy atom. The molecule has 0 spiro atoms. The van der Waals surface area contributed by atoms with E-state index in [-0.39, 0.29) is 5.54 Å². The number of rotatable bonds is 7. The van der Waals surface area contributed by atoms with E-state index in [1.165, 1.54) is 12.0 Å². The summed E-state index contributed by atoms with van der Waals surface area (Å²) in [4.78, 5) is 6.42. The minimum Gasteiger partial charge on any atom is -0.311 e. The highest BCUT2D eigenvalue weighted by atomic mass is 15.1. The molecule has 0 unspecified atom stereocenters. The topological polar surface area (TPSA) is 28.2 Å². The summed E-state index contributed by atoms with van der Waals surface area (Å²) in [5, 5.41) is 3.51. The van der Waals surface area contributed by atoms with Crippen molar-refractivity contribution >= 4 is 0 Å². The fourth-order valence-electron chi connectivity index (χ4n) is 1.84. The molecular formula is C15H27N3. The third-order valence-electron chi connectivity index (χ3n) is 2.90. The van der Waals surface area contributed by atoms with Crippen LogP contribution in [0.5, 0.6) is 0 Å². The molecule has 0 bridgehead atoms. The van der Waals surface area contributed by atoms with Crippen molar-refractivity contribution in [1.29, 1.82) is 0 Å². The van der Waals surface area contributed by atoms with Crippen molar-refractivity contribution in [2.24, 2.45) is 0 Å². The molecule has 0 fully saturated rings. The second-order valence-electron chi connectivity index (χ2n) is 5.94. The first-order valence-electron chi connectivity index (χ1n) is 6.80. The normalized spacial score (nSPS) is 12.1. The van der Waals surface area contributed by atoms with Crippen LogP contribution in [-0.4, -0.2) is 42.1 Å². The van der Waals surface area contributed by atoms with Gasteiger partial charge in [-0.15, -0.1) is 0 Å². The molecule has 1 N–H and O–H groups in total. The van der Waals surface area contributed by atoms with Gasteiger partial charge in [0.05, 0.1) is 0 Å². The molecule has 0 aliphatic rings. The minimum absolute atomic E-state index is 0.220. The van der Waals surface area contributed by atoms with Gasteiger partial charge in [-0.25, -0.2) is 0 Å². The Hall–Kier alpha value is -0.930. The van der Waals surface area contributed by atoms with Gasteiger partial charge in [0, 0.05) is 31.0 Å². The summed E-state index contributed by atoms with van der Waals surface area (Å²) in [6.07, 6.45) is 6.08. The molecule has 0 saturated carbocycles. The maximum absolute atomic E-state index is 4.03. The van der Waals surface area contributed by atoms with Crippen molar-refractivity contribution < 1.29 is 0 Å². The summed E-state index contributed by atoms with van der Waals surface area (Å²) < 4.78 is 0. The molecule has 0 aromatic carbocycles. The number of hydrogen-bond donors (Lipinski definition) is 1. The van der Waals surface area contributed by atoms with E-state index < -0.39 is 0 Å². The van der Waals surface area contributed by atoms with Crippen LogP contribution in [0.1, 0.15) is 32.8 Å². The zero-order valence-corrected chi connectivity index (χ0v) is 12.2. The van der Waals surface area contributed by atoms with E-state index in [0.717, 1.165) is 26.1 Å². The molecule has 1 aromatic rings. The molecule has 1 heterocycles. The highest BCUT2D eigenvalue weighted by Crippen LogP contribution is 2.02. The van der Waals surface area contributed by atoms with Crippen LogP contribution in [0.15, 0.2) is 24.5 Å². The molecule has 0 atom stereocenters. The fourth-order valence-corrected chi connectivity index (χ4v) is 1.84. The Balaban J connectivity index is 2.09. The van der Waals surface area contributed by atoms with Gasteiger partial charge >= 0.3 is 0 Å². The summed E-state index contributed by atoms with van der Waals surface area (Å²) >= 11 is 0. The van der Waals surface area contributed by atoms with Crippen molar-refractivity contribution in [3.05, 3.63) is 30.1 Å². The second kappa shape index (κ2) is 7.49. The molecule has 0 radical (unpaired) electrons. The van der Waals surface area contributed by atoms with Crippen molar-refractivity contribution in [3.63, 3.8) is 0 Å². The first kappa shape index (κ1) is 15.1. The van der Waals surface area contributed by atoms with Crippen LogP contribution in [0.25, 0.3) is 0 Å². The fraction of sp³-hybridized carbons (Fsp3) is 0.667. The second-order valence-corrected chi connectivity index (χ2v) is 5.94. The van der Waals surface area contributed by atoms with Crippen LogP contribution >= 0.6 is 0 Å². The van der Waals surface area contributed by atoms with Gasteiger partial charge in [-0.1, -0.05) is 0 Å². The third-order valence-corrected chi connectivity index (χ3v) is 2.90. The first-order valence-corrected chi connectivity index (χ1v) is 6.80. The first-order chi connectivity index (χ1) is 8.47. The standard InChI is InChI=1S/C15H27N3/c1-15(2,3)17-11-13-18(4)12-5-6-14-7-9-16-10-8-14/h7-10,17H,5-6,11-13H2,1-4H3. The highest BCUT2D eigenvalue weighted by Gasteiger charge is 2.08. The average molecular weight is 249 g/mol. The predicted octanol–water partition coefficient (Wildman–Crippen LogP) is 2.33. The van der Waals surface area contributed by atoms with Crippen molar-refractivity contribution in [2.45, 2.75) is 39.2 Å². The molecular weight excluding hydrogens is 222 g/mol. The summed E-state index contributed by atoms with van der Waals surface area (Å²) in [6.45, 7) is 9.92. The molecule has 1 rings (SSSR count). The van der Waals surface area contributed by atoms with E-state index in [4.69, 9.17) is 0 Å². The van der Waals surface area contributed by atoms with Gasteiger partial charge in [-0.3, -0.25) is 4.98 Å². The lowest BCUT2D eigenvalue weighted by Gasteiger charge is -2.23. The van der Waals surface area contributed by atoms with E-state index in [0.29, 0.717) is 0 Å². The summed E-state index contributed by atoms with van der Waals surface area (Å²) in [5.41, 5.74) is 1.60. The summed E-state index contributed by atoms with van der Waals surface area (Å²) in [6, 6.07) is 4.20. The van der Waals surface area contributed by atoms with Gasteiger partial charge in [0.25, 0.3) is 0 Å². The maximum Gasteiger partial charge on any atom is 0.0270 e. The van der Waals surface area contributed by atoms with Gasteiger partial charge < -0.3 is 10.2 Å². The Kier molecular flexibility index (Phi) is 6.30. The van der Waals surface area contributed by atoms with Crippen molar-refractivity contribution in [1.82, 2.24) is 15.2 Å². The minimum atomic E-state index is 0.220. The number of aromatic nitrogens is 1. The maximum atomic E-state index is 4.03. The van der Waals surface area contributed by atoms with E-state index in [1.807, 2.05) is 12.4 Å². The number of aryl methyl sites for hydroxylation is 1. The molecule has 18 heavy (non-hydrogen) atoms. The SMILES string of the molecule is CN(CCCc1ccncc1)CCNC(C)(C)C. The molecule has 3 heteroatoms. The quantitative estimate of drug-likeness (QED) is 0.804. The number of hydrogen-bond acceptors (Lipinski definition) is 3. The Labute approximate surface area is 112 Å². The highest BCUT2D eigenvalue weighted by molar-refractivity contribution is 5.09. The van der Waals surface area contributed by atoms with Crippen LogP contribution in [0.4, 0.5) is 0 Å². The predicted molar refractivity (Wildman–Crippen MR) is 77.8 cm³/mol. The number of likely N-dealkylation sites (N-methyl/N-ethyl adjacent to an activating group) is 1. The Morgan fingerprint density at radius 2 is 1.83 bits per heavy atom. The van der Waals surface area contributed by atoms with Crippen molar-refractivity contribution in [3.8, 4) is 0 Å². The zero-order chi connectivity index (χ0) is 13.4. The van der Waals surface area contributed by atoms with Crippen LogP contribution in [0.3, 0.4) is 0 Å². The molecule has 0 saturated heterocycles. The molecule has 0 aliphatic heterocycles. The van der Waals surface area contributed by atoms with Crippen LogP contribution in [-0.2, 0) is 6.42 Å². The van der Waals surface area contributed by atoms with E-state index in [9.17, 15) is 0 Å². The largest absolute Gasteiger partial charge is 0.311 e. The van der Waals surface area contributed by atoms with Gasteiger partial charge in [0.2, 0.25) is 0 Å². The van der Waals surface area contributed by atoms with Gasteiger partial charge in [-0.05, 0) is 64.9 Å². The van der Waals surface area contributed by atoms with Crippen molar-refractivity contribution in [2.75, 3.05) is 26.7 Å². The lowest BCUT2D eigenvalue weighted by atomic mass is 10.1. The van der Waals surface area contributed by atoms with Crippen LogP contribution < -0.4 is 5.32 Å². The molecule has 0 amide bonds. The number of pyridine rings is 1. The smallest absolute Gasteiger partial charge is 0.0270 e. The Morgan fingerprint density at radius 1 is 1.17 bits per heavy atom. The summed E-state index contributed by atoms with van der Waals surface area (Å²) in [5.74, 6) is 0. The lowest BCUT2D eigenvalue weighted by Crippen LogP contribution is -2.40. The van der Waals surface area contributed by atoms with Crippen LogP contribution in [0, 0.1) is 0 Å².